The number of rotatable bonds is 5. The fourth-order valence-electron chi connectivity index (χ4n) is 2.61. The summed E-state index contributed by atoms with van der Waals surface area (Å²) in [6.45, 7) is 3.58. The summed E-state index contributed by atoms with van der Waals surface area (Å²) >= 11 is 3.36. The first-order valence-electron chi connectivity index (χ1n) is 8.97. The zero-order valence-corrected chi connectivity index (χ0v) is 18.1. The predicted octanol–water partition coefficient (Wildman–Crippen LogP) is 4.04. The Morgan fingerprint density at radius 3 is 2.43 bits per heavy atom. The number of amides is 2. The summed E-state index contributed by atoms with van der Waals surface area (Å²) < 4.78 is 15.2. The number of halogens is 2. The molecule has 2 amide bonds. The maximum Gasteiger partial charge on any atom is 0.293 e. The molecule has 3 rings (SSSR count). The molecule has 3 aromatic rings. The molecule has 2 aromatic carbocycles. The highest BCUT2D eigenvalue weighted by Crippen LogP contribution is 2.20. The van der Waals surface area contributed by atoms with Gasteiger partial charge in [-0.05, 0) is 71.7 Å². The summed E-state index contributed by atoms with van der Waals surface area (Å²) in [5.41, 5.74) is 5.71. The molecular weight excluding hydrogens is 453 g/mol. The van der Waals surface area contributed by atoms with Gasteiger partial charge < -0.3 is 5.32 Å². The molecule has 7 nitrogen and oxygen atoms in total. The first kappa shape index (κ1) is 21.4. The maximum absolute atomic E-state index is 13.0. The van der Waals surface area contributed by atoms with E-state index in [0.29, 0.717) is 27.0 Å². The highest BCUT2D eigenvalue weighted by atomic mass is 79.9. The van der Waals surface area contributed by atoms with Gasteiger partial charge in [-0.25, -0.2) is 9.82 Å². The lowest BCUT2D eigenvalue weighted by Crippen LogP contribution is -2.20. The average Bonchev–Trinajstić information content (AvgIpc) is 2.99. The lowest BCUT2D eigenvalue weighted by Gasteiger charge is -2.08. The molecule has 0 saturated carbocycles. The van der Waals surface area contributed by atoms with Gasteiger partial charge in [0.15, 0.2) is 5.69 Å². The molecule has 0 aliphatic carbocycles. The number of carbonyl (C=O) groups is 2. The Balaban J connectivity index is 1.71. The molecule has 0 spiro atoms. The normalized spacial score (nSPS) is 11.3. The van der Waals surface area contributed by atoms with Gasteiger partial charge in [-0.15, -0.1) is 0 Å². The molecule has 0 unspecified atom stereocenters. The first-order chi connectivity index (χ1) is 14.3. The van der Waals surface area contributed by atoms with Crippen LogP contribution in [0.2, 0.25) is 0 Å². The Morgan fingerprint density at radius 2 is 1.80 bits per heavy atom. The summed E-state index contributed by atoms with van der Waals surface area (Å²) in [7, 11) is 1.75. The fourth-order valence-corrected chi connectivity index (χ4v) is 3.12. The van der Waals surface area contributed by atoms with Crippen LogP contribution in [0.15, 0.2) is 58.1 Å². The van der Waals surface area contributed by atoms with Crippen molar-refractivity contribution in [2.75, 3.05) is 5.32 Å². The molecule has 0 bridgehead atoms. The molecule has 1 heterocycles. The number of nitrogens with zero attached hydrogens (tertiary/aromatic N) is 3. The smallest absolute Gasteiger partial charge is 0.293 e. The third-order valence-electron chi connectivity index (χ3n) is 4.45. The Bertz CT molecular complexity index is 1140. The monoisotopic (exact) mass is 471 g/mol. The van der Waals surface area contributed by atoms with Crippen LogP contribution in [0.5, 0.6) is 0 Å². The van der Waals surface area contributed by atoms with Crippen molar-refractivity contribution < 1.29 is 14.0 Å². The highest BCUT2D eigenvalue weighted by Gasteiger charge is 2.17. The zero-order chi connectivity index (χ0) is 21.8. The van der Waals surface area contributed by atoms with Gasteiger partial charge in [-0.2, -0.15) is 10.2 Å². The van der Waals surface area contributed by atoms with Gasteiger partial charge in [-0.1, -0.05) is 12.1 Å². The van der Waals surface area contributed by atoms with Crippen molar-refractivity contribution in [1.82, 2.24) is 15.2 Å². The minimum atomic E-state index is -0.439. The quantitative estimate of drug-likeness (QED) is 0.434. The van der Waals surface area contributed by atoms with Gasteiger partial charge in [0.1, 0.15) is 5.82 Å². The molecule has 1 aromatic heterocycles. The Labute approximate surface area is 181 Å². The van der Waals surface area contributed by atoms with E-state index in [4.69, 9.17) is 0 Å². The minimum Gasteiger partial charge on any atom is -0.322 e. The van der Waals surface area contributed by atoms with Crippen LogP contribution in [-0.2, 0) is 7.05 Å². The summed E-state index contributed by atoms with van der Waals surface area (Å²) in [5.74, 6) is -1.20. The highest BCUT2D eigenvalue weighted by molar-refractivity contribution is 9.10. The van der Waals surface area contributed by atoms with E-state index in [-0.39, 0.29) is 11.6 Å². The van der Waals surface area contributed by atoms with Crippen LogP contribution in [0.1, 0.15) is 39.0 Å². The second kappa shape index (κ2) is 9.00. The first-order valence-corrected chi connectivity index (χ1v) is 9.76. The zero-order valence-electron chi connectivity index (χ0n) is 16.5. The molecule has 154 valence electrons. The molecular formula is C21H19BrFN5O2. The Kier molecular flexibility index (Phi) is 6.41. The lowest BCUT2D eigenvalue weighted by atomic mass is 10.1. The predicted molar refractivity (Wildman–Crippen MR) is 116 cm³/mol. The molecule has 0 saturated heterocycles. The summed E-state index contributed by atoms with van der Waals surface area (Å²) in [5, 5.41) is 11.0. The fraction of sp³-hybridized carbons (Fsp3) is 0.143. The van der Waals surface area contributed by atoms with Gasteiger partial charge in [0, 0.05) is 18.3 Å². The maximum atomic E-state index is 13.0. The Morgan fingerprint density at radius 1 is 1.10 bits per heavy atom. The van der Waals surface area contributed by atoms with Crippen molar-refractivity contribution in [3.63, 3.8) is 0 Å². The van der Waals surface area contributed by atoms with Crippen molar-refractivity contribution in [1.29, 1.82) is 0 Å². The second-order valence-electron chi connectivity index (χ2n) is 6.55. The van der Waals surface area contributed by atoms with E-state index in [2.05, 4.69) is 36.9 Å². The van der Waals surface area contributed by atoms with Crippen LogP contribution in [0.4, 0.5) is 10.1 Å². The number of hydrazone groups is 1. The second-order valence-corrected chi connectivity index (χ2v) is 7.34. The van der Waals surface area contributed by atoms with Crippen LogP contribution >= 0.6 is 15.9 Å². The molecule has 2 N–H and O–H groups in total. The van der Waals surface area contributed by atoms with Gasteiger partial charge in [0.05, 0.1) is 15.9 Å². The number of benzene rings is 2. The molecule has 0 fully saturated rings. The van der Waals surface area contributed by atoms with Crippen molar-refractivity contribution in [3.8, 4) is 0 Å². The van der Waals surface area contributed by atoms with Crippen LogP contribution in [0.25, 0.3) is 0 Å². The number of hydrogen-bond acceptors (Lipinski definition) is 4. The van der Waals surface area contributed by atoms with Gasteiger partial charge in [-0.3, -0.25) is 14.3 Å². The van der Waals surface area contributed by atoms with Crippen molar-refractivity contribution in [3.05, 3.63) is 81.3 Å². The van der Waals surface area contributed by atoms with E-state index < -0.39 is 11.7 Å². The van der Waals surface area contributed by atoms with Gasteiger partial charge in [0.2, 0.25) is 0 Å². The molecule has 30 heavy (non-hydrogen) atoms. The average molecular weight is 472 g/mol. The summed E-state index contributed by atoms with van der Waals surface area (Å²) in [6.07, 6.45) is 0. The lowest BCUT2D eigenvalue weighted by molar-refractivity contribution is 0.0947. The van der Waals surface area contributed by atoms with E-state index in [9.17, 15) is 14.0 Å². The summed E-state index contributed by atoms with van der Waals surface area (Å²) in [6, 6.07) is 12.3. The molecule has 9 heteroatoms. The van der Waals surface area contributed by atoms with Crippen molar-refractivity contribution >= 4 is 39.1 Å². The standard InChI is InChI=1S/C21H19BrFN5O2/c1-12(25-26-21(30)19-18(22)13(2)28(3)27-19)15-5-4-6-17(11-15)24-20(29)14-7-9-16(23)10-8-14/h4-11H,1-3H3,(H,24,29)(H,26,30)/b25-12+. The van der Waals surface area contributed by atoms with E-state index >= 15 is 0 Å². The van der Waals surface area contributed by atoms with E-state index in [1.165, 1.54) is 24.3 Å². The third kappa shape index (κ3) is 4.80. The Hall–Kier alpha value is -3.33. The van der Waals surface area contributed by atoms with Crippen LogP contribution in [-0.4, -0.2) is 27.3 Å². The largest absolute Gasteiger partial charge is 0.322 e. The van der Waals surface area contributed by atoms with Crippen LogP contribution in [0.3, 0.4) is 0 Å². The third-order valence-corrected chi connectivity index (χ3v) is 5.40. The van der Waals surface area contributed by atoms with Crippen molar-refractivity contribution in [2.24, 2.45) is 12.1 Å². The number of nitrogens with one attached hydrogen (secondary N) is 2. The minimum absolute atomic E-state index is 0.242. The van der Waals surface area contributed by atoms with E-state index in [0.717, 1.165) is 5.69 Å². The van der Waals surface area contributed by atoms with Gasteiger partial charge >= 0.3 is 0 Å². The topological polar surface area (TPSA) is 88.4 Å². The molecule has 0 atom stereocenters. The SMILES string of the molecule is C/C(=N\NC(=O)c1nn(C)c(C)c1Br)c1cccc(NC(=O)c2ccc(F)cc2)c1. The number of hydrogen-bond donors (Lipinski definition) is 2. The molecule has 0 aliphatic heterocycles. The number of carbonyl (C=O) groups excluding carboxylic acids is 2. The number of anilines is 1. The summed E-state index contributed by atoms with van der Waals surface area (Å²) in [4.78, 5) is 24.7. The van der Waals surface area contributed by atoms with Crippen LogP contribution < -0.4 is 10.7 Å². The van der Waals surface area contributed by atoms with Crippen LogP contribution in [0, 0.1) is 12.7 Å². The van der Waals surface area contributed by atoms with E-state index in [1.807, 2.05) is 6.92 Å². The molecule has 0 aliphatic rings. The van der Waals surface area contributed by atoms with Gasteiger partial charge in [0.25, 0.3) is 11.8 Å². The van der Waals surface area contributed by atoms with E-state index in [1.54, 1.807) is 42.9 Å². The van der Waals surface area contributed by atoms with Crippen molar-refractivity contribution in [2.45, 2.75) is 13.8 Å². The number of aromatic nitrogens is 2. The number of aryl methyl sites for hydroxylation is 1. The molecule has 0 radical (unpaired) electrons.